The van der Waals surface area contributed by atoms with Crippen molar-refractivity contribution in [2.24, 2.45) is 5.73 Å². The van der Waals surface area contributed by atoms with Gasteiger partial charge in [0.15, 0.2) is 0 Å². The monoisotopic (exact) mass is 708 g/mol. The van der Waals surface area contributed by atoms with Gasteiger partial charge in [-0.25, -0.2) is 0 Å². The topological polar surface area (TPSA) is 38.0 Å². The zero-order valence-electron chi connectivity index (χ0n) is 31.3. The molecule has 1 unspecified atom stereocenters. The van der Waals surface area contributed by atoms with Crippen LogP contribution in [-0.2, 0) is 11.8 Å². The van der Waals surface area contributed by atoms with E-state index < -0.39 is 0 Å². The molecule has 0 fully saturated rings. The first-order chi connectivity index (χ1) is 26.9. The summed E-state index contributed by atoms with van der Waals surface area (Å²) in [6.45, 7) is 4.72. The van der Waals surface area contributed by atoms with Crippen molar-refractivity contribution in [1.29, 1.82) is 0 Å². The zero-order valence-corrected chi connectivity index (χ0v) is 31.3. The Morgan fingerprint density at radius 2 is 1.07 bits per heavy atom. The second-order valence-corrected chi connectivity index (χ2v) is 15.1. The normalized spacial score (nSPS) is 13.6. The van der Waals surface area contributed by atoms with Crippen molar-refractivity contribution >= 4 is 16.5 Å². The first-order valence-electron chi connectivity index (χ1n) is 19.2. The lowest BCUT2D eigenvalue weighted by Crippen LogP contribution is -2.27. The summed E-state index contributed by atoms with van der Waals surface area (Å²) in [5.74, 6) is 0. The van der Waals surface area contributed by atoms with Crippen LogP contribution >= 0.6 is 0 Å². The van der Waals surface area contributed by atoms with Crippen molar-refractivity contribution in [2.45, 2.75) is 31.8 Å². The quantitative estimate of drug-likeness (QED) is 0.147. The number of benzene rings is 8. The summed E-state index contributed by atoms with van der Waals surface area (Å²) in [5, 5.41) is 6.30. The van der Waals surface area contributed by atoms with Crippen molar-refractivity contribution in [1.82, 2.24) is 5.32 Å². The van der Waals surface area contributed by atoms with E-state index in [1.165, 1.54) is 72.0 Å². The number of hydrogen-bond acceptors (Lipinski definition) is 2. The molecular formula is C53H44N2. The molecule has 1 aliphatic carbocycles. The molecule has 0 amide bonds. The molecule has 0 aromatic heterocycles. The average molecular weight is 709 g/mol. The molecule has 0 saturated carbocycles. The molecule has 1 aliphatic rings. The maximum absolute atomic E-state index is 6.91. The van der Waals surface area contributed by atoms with E-state index >= 15 is 0 Å². The molecular weight excluding hydrogens is 665 g/mol. The van der Waals surface area contributed by atoms with Gasteiger partial charge in [-0.05, 0) is 96.1 Å². The Kier molecular flexibility index (Phi) is 8.98. The fourth-order valence-electron chi connectivity index (χ4n) is 8.35. The molecule has 0 radical (unpaired) electrons. The summed E-state index contributed by atoms with van der Waals surface area (Å²) >= 11 is 0. The van der Waals surface area contributed by atoms with Gasteiger partial charge >= 0.3 is 0 Å². The predicted octanol–water partition coefficient (Wildman–Crippen LogP) is 13.0. The van der Waals surface area contributed by atoms with Gasteiger partial charge in [0.25, 0.3) is 0 Å². The molecule has 8 aromatic carbocycles. The molecule has 1 atom stereocenters. The van der Waals surface area contributed by atoms with Gasteiger partial charge in [-0.15, -0.1) is 0 Å². The van der Waals surface area contributed by atoms with Gasteiger partial charge in [0.05, 0.1) is 0 Å². The standard InChI is InChI=1S/C53H44N2/c1-53(2)48-23-13-22-46(51(48)47-34-42-18-9-10-19-43(42)35-49(47)53)44-20-11-12-21-45(44)50(55-52(54)41-16-7-4-8-17-41)33-26-36-24-27-38(28-25-36)40-31-29-39(30-32-40)37-14-5-3-6-15-37/h3-25,27-35,52,55H,26,54H2,1-2H3/b50-33-. The van der Waals surface area contributed by atoms with Crippen LogP contribution in [0.5, 0.6) is 0 Å². The lowest BCUT2D eigenvalue weighted by atomic mass is 9.81. The Morgan fingerprint density at radius 1 is 0.527 bits per heavy atom. The first-order valence-corrected chi connectivity index (χ1v) is 19.2. The van der Waals surface area contributed by atoms with Crippen molar-refractivity contribution in [3.05, 3.63) is 222 Å². The number of nitrogens with one attached hydrogen (secondary N) is 1. The van der Waals surface area contributed by atoms with Crippen LogP contribution in [0.3, 0.4) is 0 Å². The van der Waals surface area contributed by atoms with E-state index in [9.17, 15) is 0 Å². The molecule has 9 rings (SSSR count). The van der Waals surface area contributed by atoms with E-state index in [1.807, 2.05) is 18.2 Å². The highest BCUT2D eigenvalue weighted by Gasteiger charge is 2.37. The summed E-state index contributed by atoms with van der Waals surface area (Å²) in [5.41, 5.74) is 23.9. The van der Waals surface area contributed by atoms with Crippen LogP contribution in [0.4, 0.5) is 0 Å². The number of nitrogens with two attached hydrogens (primary N) is 1. The van der Waals surface area contributed by atoms with Gasteiger partial charge in [0, 0.05) is 16.7 Å². The fraction of sp³-hybridized carbons (Fsp3) is 0.0943. The average Bonchev–Trinajstić information content (AvgIpc) is 3.47. The Morgan fingerprint density at radius 3 is 1.76 bits per heavy atom. The first kappa shape index (κ1) is 34.3. The Balaban J connectivity index is 1.09. The van der Waals surface area contributed by atoms with Gasteiger partial charge in [-0.3, -0.25) is 0 Å². The minimum absolute atomic E-state index is 0.123. The second kappa shape index (κ2) is 14.4. The van der Waals surface area contributed by atoms with Gasteiger partial charge in [-0.2, -0.15) is 0 Å². The van der Waals surface area contributed by atoms with Crippen LogP contribution in [0.25, 0.3) is 61.0 Å². The van der Waals surface area contributed by atoms with Crippen LogP contribution in [0, 0.1) is 0 Å². The third kappa shape index (κ3) is 6.56. The van der Waals surface area contributed by atoms with Gasteiger partial charge in [-0.1, -0.05) is 196 Å². The minimum Gasteiger partial charge on any atom is -0.366 e. The molecule has 8 aromatic rings. The van der Waals surface area contributed by atoms with Crippen LogP contribution in [0.1, 0.15) is 47.8 Å². The summed E-state index contributed by atoms with van der Waals surface area (Å²) < 4.78 is 0. The van der Waals surface area contributed by atoms with Crippen molar-refractivity contribution in [3.8, 4) is 44.5 Å². The van der Waals surface area contributed by atoms with Gasteiger partial charge in [0.1, 0.15) is 6.17 Å². The van der Waals surface area contributed by atoms with Crippen molar-refractivity contribution in [3.63, 3.8) is 0 Å². The maximum Gasteiger partial charge on any atom is 0.101 e. The molecule has 0 saturated heterocycles. The molecule has 0 aliphatic heterocycles. The summed E-state index contributed by atoms with van der Waals surface area (Å²) in [7, 11) is 0. The molecule has 3 N–H and O–H groups in total. The lowest BCUT2D eigenvalue weighted by molar-refractivity contribution is 0.661. The highest BCUT2D eigenvalue weighted by Crippen LogP contribution is 2.53. The van der Waals surface area contributed by atoms with Gasteiger partial charge < -0.3 is 11.1 Å². The largest absolute Gasteiger partial charge is 0.366 e. The summed E-state index contributed by atoms with van der Waals surface area (Å²) in [6, 6.07) is 67.7. The van der Waals surface area contributed by atoms with E-state index in [2.05, 4.69) is 195 Å². The third-order valence-electron chi connectivity index (χ3n) is 11.4. The number of rotatable bonds is 9. The SMILES string of the molecule is CC1(C)c2cc3ccccc3cc2-c2c(-c3ccccc3/C(=C/Cc3ccc(-c4ccc(-c5ccccc5)cc4)cc3)NC(N)c3ccccc3)cccc21. The summed E-state index contributed by atoms with van der Waals surface area (Å²) in [4.78, 5) is 0. The van der Waals surface area contributed by atoms with Crippen molar-refractivity contribution in [2.75, 3.05) is 0 Å². The molecule has 0 heterocycles. The van der Waals surface area contributed by atoms with E-state index in [0.29, 0.717) is 0 Å². The van der Waals surface area contributed by atoms with Gasteiger partial charge in [0.2, 0.25) is 0 Å². The van der Waals surface area contributed by atoms with E-state index in [4.69, 9.17) is 5.73 Å². The van der Waals surface area contributed by atoms with E-state index in [1.54, 1.807) is 0 Å². The van der Waals surface area contributed by atoms with Crippen LogP contribution in [0.2, 0.25) is 0 Å². The number of hydrogen-bond donors (Lipinski definition) is 2. The molecule has 2 nitrogen and oxygen atoms in total. The van der Waals surface area contributed by atoms with Crippen LogP contribution in [-0.4, -0.2) is 0 Å². The fourth-order valence-corrected chi connectivity index (χ4v) is 8.35. The smallest absolute Gasteiger partial charge is 0.101 e. The second-order valence-electron chi connectivity index (χ2n) is 15.1. The Bertz CT molecular complexity index is 2650. The Labute approximate surface area is 324 Å². The van der Waals surface area contributed by atoms with E-state index in [0.717, 1.165) is 23.2 Å². The minimum atomic E-state index is -0.380. The van der Waals surface area contributed by atoms with E-state index in [-0.39, 0.29) is 11.6 Å². The lowest BCUT2D eigenvalue weighted by Gasteiger charge is -2.23. The summed E-state index contributed by atoms with van der Waals surface area (Å²) in [6.07, 6.45) is 2.68. The van der Waals surface area contributed by atoms with Crippen LogP contribution < -0.4 is 11.1 Å². The van der Waals surface area contributed by atoms with Crippen molar-refractivity contribution < 1.29 is 0 Å². The molecule has 0 spiro atoms. The number of fused-ring (bicyclic) bond motifs is 4. The predicted molar refractivity (Wildman–Crippen MR) is 232 cm³/mol. The van der Waals surface area contributed by atoms with Crippen LogP contribution in [0.15, 0.2) is 194 Å². The highest BCUT2D eigenvalue weighted by atomic mass is 15.0. The highest BCUT2D eigenvalue weighted by molar-refractivity contribution is 6.00. The molecule has 55 heavy (non-hydrogen) atoms. The number of allylic oxidation sites excluding steroid dienone is 1. The Hall–Kier alpha value is -6.48. The molecule has 2 heteroatoms. The maximum atomic E-state index is 6.91. The molecule has 0 bridgehead atoms. The third-order valence-corrected chi connectivity index (χ3v) is 11.4. The molecule has 266 valence electrons. The zero-order chi connectivity index (χ0) is 37.4.